The van der Waals surface area contributed by atoms with Gasteiger partial charge in [-0.1, -0.05) is 117 Å². The van der Waals surface area contributed by atoms with Gasteiger partial charge in [-0.05, 0) is 109 Å². The van der Waals surface area contributed by atoms with Gasteiger partial charge in [0.05, 0.1) is 0 Å². The number of rotatable bonds is 10. The SMILES string of the molecule is C#Cc1ccc(CC2CCC(C(C(=C)CCc3ccccc3)c3ccc(C4=CC(C)C=C4)cc3)CC2)cc1CC. The minimum Gasteiger partial charge on any atom is -0.115 e. The van der Waals surface area contributed by atoms with E-state index in [4.69, 9.17) is 13.0 Å². The maximum absolute atomic E-state index is 5.71. The van der Waals surface area contributed by atoms with E-state index < -0.39 is 0 Å². The molecule has 0 spiro atoms. The van der Waals surface area contributed by atoms with Gasteiger partial charge in [0.2, 0.25) is 0 Å². The number of aryl methyl sites for hydroxylation is 2. The van der Waals surface area contributed by atoms with E-state index in [1.54, 1.807) is 0 Å². The van der Waals surface area contributed by atoms with E-state index in [0.29, 0.717) is 17.8 Å². The Kier molecular flexibility index (Phi) is 9.23. The minimum atomic E-state index is 0.423. The first-order valence-corrected chi connectivity index (χ1v) is 15.3. The van der Waals surface area contributed by atoms with E-state index in [-0.39, 0.29) is 0 Å². The van der Waals surface area contributed by atoms with E-state index in [0.717, 1.165) is 30.7 Å². The fourth-order valence-corrected chi connectivity index (χ4v) is 6.94. The van der Waals surface area contributed by atoms with Crippen molar-refractivity contribution in [2.24, 2.45) is 17.8 Å². The molecule has 3 aromatic carbocycles. The van der Waals surface area contributed by atoms with Crippen molar-refractivity contribution in [1.29, 1.82) is 0 Å². The number of terminal acetylenes is 1. The predicted octanol–water partition coefficient (Wildman–Crippen LogP) is 10.1. The summed E-state index contributed by atoms with van der Waals surface area (Å²) in [5.74, 6) is 5.21. The number of hydrogen-bond acceptors (Lipinski definition) is 0. The summed E-state index contributed by atoms with van der Waals surface area (Å²) >= 11 is 0. The molecule has 0 radical (unpaired) electrons. The van der Waals surface area contributed by atoms with Crippen molar-refractivity contribution in [1.82, 2.24) is 0 Å². The second-order valence-corrected chi connectivity index (χ2v) is 12.1. The molecular weight excluding hydrogens is 480 g/mol. The maximum atomic E-state index is 5.71. The number of allylic oxidation sites excluding steroid dienone is 5. The average Bonchev–Trinajstić information content (AvgIpc) is 3.44. The van der Waals surface area contributed by atoms with Crippen LogP contribution in [0.25, 0.3) is 5.57 Å². The van der Waals surface area contributed by atoms with Crippen LogP contribution < -0.4 is 0 Å². The summed E-state index contributed by atoms with van der Waals surface area (Å²) in [4.78, 5) is 0. The highest BCUT2D eigenvalue weighted by atomic mass is 14.3. The molecule has 3 aromatic rings. The largest absolute Gasteiger partial charge is 0.115 e. The Labute approximate surface area is 242 Å². The smallest absolute Gasteiger partial charge is 0.0274 e. The summed E-state index contributed by atoms with van der Waals surface area (Å²) in [6.07, 6.45) is 22.0. The van der Waals surface area contributed by atoms with Crippen LogP contribution in [0.5, 0.6) is 0 Å². The Balaban J connectivity index is 1.29. The Hall–Kier alpha value is -3.56. The minimum absolute atomic E-state index is 0.423. The average molecular weight is 525 g/mol. The molecule has 0 nitrogen and oxygen atoms in total. The summed E-state index contributed by atoms with van der Waals surface area (Å²) in [5, 5.41) is 0. The zero-order valence-corrected chi connectivity index (χ0v) is 24.4. The summed E-state index contributed by atoms with van der Waals surface area (Å²) in [6, 6.07) is 27.1. The molecule has 204 valence electrons. The van der Waals surface area contributed by atoms with Crippen LogP contribution in [0, 0.1) is 30.1 Å². The summed E-state index contributed by atoms with van der Waals surface area (Å²) in [7, 11) is 0. The van der Waals surface area contributed by atoms with E-state index in [2.05, 4.69) is 111 Å². The lowest BCUT2D eigenvalue weighted by atomic mass is 9.69. The predicted molar refractivity (Wildman–Crippen MR) is 172 cm³/mol. The van der Waals surface area contributed by atoms with Gasteiger partial charge >= 0.3 is 0 Å². The molecule has 0 aromatic heterocycles. The molecule has 5 rings (SSSR count). The van der Waals surface area contributed by atoms with Gasteiger partial charge in [-0.2, -0.15) is 0 Å². The van der Waals surface area contributed by atoms with E-state index >= 15 is 0 Å². The Bertz CT molecular complexity index is 1380. The summed E-state index contributed by atoms with van der Waals surface area (Å²) in [5.41, 5.74) is 10.7. The van der Waals surface area contributed by atoms with Gasteiger partial charge < -0.3 is 0 Å². The lowest BCUT2D eigenvalue weighted by Crippen LogP contribution is -2.23. The van der Waals surface area contributed by atoms with Crippen LogP contribution in [-0.4, -0.2) is 0 Å². The van der Waals surface area contributed by atoms with Gasteiger partial charge in [-0.25, -0.2) is 0 Å². The monoisotopic (exact) mass is 524 g/mol. The van der Waals surface area contributed by atoms with E-state index in [1.807, 2.05) is 0 Å². The molecule has 2 aliphatic rings. The molecule has 0 N–H and O–H groups in total. The van der Waals surface area contributed by atoms with Crippen LogP contribution in [0.3, 0.4) is 0 Å². The van der Waals surface area contributed by atoms with Crippen molar-refractivity contribution in [2.45, 2.75) is 71.1 Å². The van der Waals surface area contributed by atoms with Gasteiger partial charge in [0.15, 0.2) is 0 Å². The van der Waals surface area contributed by atoms with Gasteiger partial charge in [-0.15, -0.1) is 6.42 Å². The van der Waals surface area contributed by atoms with Crippen molar-refractivity contribution in [2.75, 3.05) is 0 Å². The topological polar surface area (TPSA) is 0 Å². The second kappa shape index (κ2) is 13.2. The Morgan fingerprint density at radius 3 is 2.35 bits per heavy atom. The normalized spacial score (nSPS) is 21.0. The van der Waals surface area contributed by atoms with Gasteiger partial charge in [0, 0.05) is 11.5 Å². The molecule has 0 amide bonds. The van der Waals surface area contributed by atoms with Crippen molar-refractivity contribution in [3.63, 3.8) is 0 Å². The van der Waals surface area contributed by atoms with E-state index in [9.17, 15) is 0 Å². The molecule has 1 fully saturated rings. The quantitative estimate of drug-likeness (QED) is 0.183. The zero-order chi connectivity index (χ0) is 27.9. The van der Waals surface area contributed by atoms with Crippen molar-refractivity contribution >= 4 is 5.57 Å². The summed E-state index contributed by atoms with van der Waals surface area (Å²) < 4.78 is 0. The second-order valence-electron chi connectivity index (χ2n) is 12.1. The molecule has 0 aliphatic heterocycles. The molecule has 0 heteroatoms. The number of benzene rings is 3. The van der Waals surface area contributed by atoms with Gasteiger partial charge in [0.25, 0.3) is 0 Å². The lowest BCUT2D eigenvalue weighted by molar-refractivity contribution is 0.252. The highest BCUT2D eigenvalue weighted by Gasteiger charge is 2.30. The van der Waals surface area contributed by atoms with Crippen LogP contribution in [0.15, 0.2) is 103 Å². The molecule has 0 saturated heterocycles. The molecule has 2 atom stereocenters. The van der Waals surface area contributed by atoms with Gasteiger partial charge in [-0.3, -0.25) is 0 Å². The molecule has 2 unspecified atom stereocenters. The fourth-order valence-electron chi connectivity index (χ4n) is 6.94. The lowest BCUT2D eigenvalue weighted by Gasteiger charge is -2.36. The number of hydrogen-bond donors (Lipinski definition) is 0. The molecule has 40 heavy (non-hydrogen) atoms. The van der Waals surface area contributed by atoms with Crippen molar-refractivity contribution in [3.8, 4) is 12.3 Å². The molecule has 1 saturated carbocycles. The van der Waals surface area contributed by atoms with Crippen LogP contribution >= 0.6 is 0 Å². The molecule has 0 bridgehead atoms. The van der Waals surface area contributed by atoms with Crippen molar-refractivity contribution in [3.05, 3.63) is 137 Å². The first-order chi connectivity index (χ1) is 19.5. The summed E-state index contributed by atoms with van der Waals surface area (Å²) in [6.45, 7) is 9.16. The Morgan fingerprint density at radius 2 is 1.70 bits per heavy atom. The maximum Gasteiger partial charge on any atom is 0.0274 e. The molecule has 2 aliphatic carbocycles. The first kappa shape index (κ1) is 28.0. The third-order valence-electron chi connectivity index (χ3n) is 9.24. The third kappa shape index (κ3) is 6.77. The zero-order valence-electron chi connectivity index (χ0n) is 24.4. The van der Waals surface area contributed by atoms with E-state index in [1.165, 1.54) is 71.1 Å². The Morgan fingerprint density at radius 1 is 0.950 bits per heavy atom. The highest BCUT2D eigenvalue weighted by molar-refractivity contribution is 5.76. The highest BCUT2D eigenvalue weighted by Crippen LogP contribution is 2.44. The van der Waals surface area contributed by atoms with Gasteiger partial charge in [0.1, 0.15) is 0 Å². The van der Waals surface area contributed by atoms with Crippen LogP contribution in [0.2, 0.25) is 0 Å². The van der Waals surface area contributed by atoms with Crippen molar-refractivity contribution < 1.29 is 0 Å². The van der Waals surface area contributed by atoms with Crippen LogP contribution in [-0.2, 0) is 19.3 Å². The third-order valence-corrected chi connectivity index (χ3v) is 9.24. The fraction of sp³-hybridized carbons (Fsp3) is 0.350. The van der Waals surface area contributed by atoms with Crippen LogP contribution in [0.4, 0.5) is 0 Å². The standard InChI is InChI=1S/C40H44/c1-5-34-19-17-33(28-35(34)6-2)27-32-15-20-37(21-16-32)40(30(4)13-14-31-10-8-7-9-11-31)38-24-22-36(23-25-38)39-18-12-29(3)26-39/h1,7-12,17-19,22-26,28-29,32,37,40H,4,6,13-16,20-21,27H2,2-3H3. The molecular formula is C40H44. The van der Waals surface area contributed by atoms with Crippen LogP contribution in [0.1, 0.15) is 85.3 Å². The first-order valence-electron chi connectivity index (χ1n) is 15.3. The molecule has 0 heterocycles.